The summed E-state index contributed by atoms with van der Waals surface area (Å²) in [7, 11) is 0. The summed E-state index contributed by atoms with van der Waals surface area (Å²) in [5.41, 5.74) is 3.11. The maximum absolute atomic E-state index is 13.3. The van der Waals surface area contributed by atoms with Gasteiger partial charge >= 0.3 is 5.97 Å². The molecule has 104 valence electrons. The summed E-state index contributed by atoms with van der Waals surface area (Å²) in [6, 6.07) is 12.4. The molecule has 0 bridgehead atoms. The maximum atomic E-state index is 13.3. The van der Waals surface area contributed by atoms with Crippen LogP contribution in [0.3, 0.4) is 0 Å². The van der Waals surface area contributed by atoms with Crippen LogP contribution in [0, 0.1) is 5.13 Å². The Labute approximate surface area is 124 Å². The summed E-state index contributed by atoms with van der Waals surface area (Å²) in [5.74, 6) is -1.11. The molecule has 0 amide bonds. The zero-order valence-corrected chi connectivity index (χ0v) is 11.6. The number of pyridine rings is 1. The van der Waals surface area contributed by atoms with Crippen molar-refractivity contribution < 1.29 is 14.3 Å². The highest BCUT2D eigenvalue weighted by atomic mass is 32.1. The molecule has 0 aliphatic carbocycles. The smallest absolute Gasteiger partial charge is 0.346 e. The second-order valence-electron chi connectivity index (χ2n) is 4.41. The normalized spacial score (nSPS) is 10.5. The second-order valence-corrected chi connectivity index (χ2v) is 5.41. The van der Waals surface area contributed by atoms with Crippen LogP contribution in [0.1, 0.15) is 9.67 Å². The van der Waals surface area contributed by atoms with Crippen molar-refractivity contribution in [2.75, 3.05) is 0 Å². The monoisotopic (exact) mass is 299 g/mol. The molecule has 2 heterocycles. The summed E-state index contributed by atoms with van der Waals surface area (Å²) in [6.45, 7) is 0. The van der Waals surface area contributed by atoms with Crippen LogP contribution in [0.5, 0.6) is 0 Å². The van der Waals surface area contributed by atoms with Gasteiger partial charge in [-0.3, -0.25) is 4.98 Å². The first kappa shape index (κ1) is 13.5. The molecule has 0 atom stereocenters. The van der Waals surface area contributed by atoms with Gasteiger partial charge in [0.1, 0.15) is 4.88 Å². The number of benzene rings is 1. The van der Waals surface area contributed by atoms with Crippen molar-refractivity contribution in [1.29, 1.82) is 0 Å². The summed E-state index contributed by atoms with van der Waals surface area (Å²) in [5, 5.41) is 8.61. The standard InChI is InChI=1S/C16H10FNO2S/c17-14-9-13(15(21-14)16(19)20)12-3-1-10(2-4-12)11-5-7-18-8-6-11/h1-9H,(H,19,20). The van der Waals surface area contributed by atoms with Gasteiger partial charge in [-0.25, -0.2) is 4.79 Å². The van der Waals surface area contributed by atoms with Crippen LogP contribution < -0.4 is 0 Å². The lowest BCUT2D eigenvalue weighted by atomic mass is 10.0. The molecule has 21 heavy (non-hydrogen) atoms. The van der Waals surface area contributed by atoms with E-state index in [0.29, 0.717) is 22.5 Å². The Kier molecular flexibility index (Phi) is 3.50. The van der Waals surface area contributed by atoms with E-state index in [1.165, 1.54) is 6.07 Å². The van der Waals surface area contributed by atoms with E-state index in [1.54, 1.807) is 24.5 Å². The molecule has 0 aliphatic heterocycles. The largest absolute Gasteiger partial charge is 0.477 e. The van der Waals surface area contributed by atoms with Gasteiger partial charge in [-0.1, -0.05) is 35.6 Å². The first-order valence-corrected chi connectivity index (χ1v) is 7.00. The first-order chi connectivity index (χ1) is 10.1. The molecule has 3 rings (SSSR count). The fourth-order valence-corrected chi connectivity index (χ4v) is 2.87. The molecule has 0 radical (unpaired) electrons. The Morgan fingerprint density at radius 2 is 1.57 bits per heavy atom. The van der Waals surface area contributed by atoms with Crippen molar-refractivity contribution in [3.8, 4) is 22.3 Å². The van der Waals surface area contributed by atoms with Gasteiger partial charge in [0.05, 0.1) is 0 Å². The molecule has 3 nitrogen and oxygen atoms in total. The number of aromatic nitrogens is 1. The SMILES string of the molecule is O=C(O)c1sc(F)cc1-c1ccc(-c2ccncc2)cc1. The van der Waals surface area contributed by atoms with Crippen molar-refractivity contribution in [1.82, 2.24) is 4.98 Å². The van der Waals surface area contributed by atoms with Crippen LogP contribution in [-0.4, -0.2) is 16.1 Å². The Balaban J connectivity index is 2.00. The molecular formula is C16H10FNO2S. The van der Waals surface area contributed by atoms with Crippen molar-refractivity contribution in [2.24, 2.45) is 0 Å². The van der Waals surface area contributed by atoms with Crippen molar-refractivity contribution in [3.05, 3.63) is 64.9 Å². The van der Waals surface area contributed by atoms with E-state index in [-0.39, 0.29) is 4.88 Å². The molecular weight excluding hydrogens is 289 g/mol. The molecule has 0 aliphatic rings. The highest BCUT2D eigenvalue weighted by molar-refractivity contribution is 7.12. The lowest BCUT2D eigenvalue weighted by Gasteiger charge is -2.04. The number of carboxylic acid groups (broad SMARTS) is 1. The van der Waals surface area contributed by atoms with Crippen LogP contribution in [0.2, 0.25) is 0 Å². The van der Waals surface area contributed by atoms with Crippen molar-refractivity contribution in [2.45, 2.75) is 0 Å². The van der Waals surface area contributed by atoms with E-state index in [2.05, 4.69) is 4.98 Å². The predicted molar refractivity (Wildman–Crippen MR) is 79.9 cm³/mol. The fourth-order valence-electron chi connectivity index (χ4n) is 2.12. The quantitative estimate of drug-likeness (QED) is 0.783. The molecule has 1 N–H and O–H groups in total. The lowest BCUT2D eigenvalue weighted by molar-refractivity contribution is 0.0703. The molecule has 0 saturated carbocycles. The lowest BCUT2D eigenvalue weighted by Crippen LogP contribution is -1.94. The molecule has 2 aromatic heterocycles. The van der Waals surface area contributed by atoms with Crippen LogP contribution in [-0.2, 0) is 0 Å². The number of aromatic carboxylic acids is 1. The average molecular weight is 299 g/mol. The molecule has 5 heteroatoms. The van der Waals surface area contributed by atoms with Gasteiger partial charge in [0, 0.05) is 18.0 Å². The number of carboxylic acids is 1. The van der Waals surface area contributed by atoms with Crippen LogP contribution in [0.4, 0.5) is 4.39 Å². The van der Waals surface area contributed by atoms with Gasteiger partial charge in [-0.15, -0.1) is 0 Å². The van der Waals surface area contributed by atoms with Crippen molar-refractivity contribution in [3.63, 3.8) is 0 Å². The number of halogens is 1. The number of nitrogens with zero attached hydrogens (tertiary/aromatic N) is 1. The number of hydrogen-bond donors (Lipinski definition) is 1. The fraction of sp³-hybridized carbons (Fsp3) is 0. The Morgan fingerprint density at radius 3 is 2.19 bits per heavy atom. The van der Waals surface area contributed by atoms with E-state index >= 15 is 0 Å². The molecule has 3 aromatic rings. The molecule has 0 saturated heterocycles. The van der Waals surface area contributed by atoms with Gasteiger partial charge < -0.3 is 5.11 Å². The topological polar surface area (TPSA) is 50.2 Å². The number of thiophene rings is 1. The highest BCUT2D eigenvalue weighted by Gasteiger charge is 2.16. The molecule has 0 unspecified atom stereocenters. The Bertz CT molecular complexity index is 782. The van der Waals surface area contributed by atoms with Gasteiger partial charge in [0.25, 0.3) is 0 Å². The van der Waals surface area contributed by atoms with Gasteiger partial charge in [-0.05, 0) is 34.9 Å². The van der Waals surface area contributed by atoms with E-state index in [0.717, 1.165) is 11.1 Å². The van der Waals surface area contributed by atoms with Crippen molar-refractivity contribution >= 4 is 17.3 Å². The number of hydrogen-bond acceptors (Lipinski definition) is 3. The summed E-state index contributed by atoms with van der Waals surface area (Å²) in [6.07, 6.45) is 3.42. The van der Waals surface area contributed by atoms with Crippen LogP contribution in [0.25, 0.3) is 22.3 Å². The van der Waals surface area contributed by atoms with Crippen LogP contribution >= 0.6 is 11.3 Å². The average Bonchev–Trinajstić information content (AvgIpc) is 2.91. The minimum atomic E-state index is -1.11. The Hall–Kier alpha value is -2.53. The molecule has 1 aromatic carbocycles. The van der Waals surface area contributed by atoms with Gasteiger partial charge in [-0.2, -0.15) is 4.39 Å². The third kappa shape index (κ3) is 2.68. The maximum Gasteiger partial charge on any atom is 0.346 e. The zero-order valence-electron chi connectivity index (χ0n) is 10.8. The number of rotatable bonds is 3. The van der Waals surface area contributed by atoms with E-state index in [4.69, 9.17) is 5.11 Å². The summed E-state index contributed by atoms with van der Waals surface area (Å²) < 4.78 is 13.3. The minimum Gasteiger partial charge on any atom is -0.477 e. The van der Waals surface area contributed by atoms with Gasteiger partial charge in [0.2, 0.25) is 0 Å². The highest BCUT2D eigenvalue weighted by Crippen LogP contribution is 2.32. The summed E-state index contributed by atoms with van der Waals surface area (Å²) >= 11 is 0.643. The third-order valence-corrected chi connectivity index (χ3v) is 4.02. The molecule has 0 fully saturated rings. The molecule has 0 spiro atoms. The van der Waals surface area contributed by atoms with E-state index in [1.807, 2.05) is 24.3 Å². The van der Waals surface area contributed by atoms with E-state index < -0.39 is 11.1 Å². The first-order valence-electron chi connectivity index (χ1n) is 6.18. The van der Waals surface area contributed by atoms with E-state index in [9.17, 15) is 9.18 Å². The predicted octanol–water partition coefficient (Wildman–Crippen LogP) is 4.31. The minimum absolute atomic E-state index is 0.0177. The Morgan fingerprint density at radius 1 is 1.00 bits per heavy atom. The summed E-state index contributed by atoms with van der Waals surface area (Å²) in [4.78, 5) is 15.1. The third-order valence-electron chi connectivity index (χ3n) is 3.11. The van der Waals surface area contributed by atoms with Gasteiger partial charge in [0.15, 0.2) is 5.13 Å². The number of carbonyl (C=O) groups is 1. The van der Waals surface area contributed by atoms with Crippen LogP contribution in [0.15, 0.2) is 54.9 Å². The zero-order chi connectivity index (χ0) is 14.8. The second kappa shape index (κ2) is 5.46.